The highest BCUT2D eigenvalue weighted by atomic mass is 35.5. The standard InChI is InChI=1S/C11H22ClNO2S/c1-9-7-10(11(2,3)4)5-6-13(9)16(14,15)8-12/h9-10H,5-8H2,1-4H3. The van der Waals surface area contributed by atoms with Crippen molar-refractivity contribution < 1.29 is 8.42 Å². The molecule has 0 spiro atoms. The van der Waals surface area contributed by atoms with Gasteiger partial charge in [-0.1, -0.05) is 20.8 Å². The second-order valence-electron chi connectivity index (χ2n) is 5.77. The molecule has 96 valence electrons. The van der Waals surface area contributed by atoms with Crippen molar-refractivity contribution in [2.24, 2.45) is 11.3 Å². The van der Waals surface area contributed by atoms with Gasteiger partial charge < -0.3 is 0 Å². The van der Waals surface area contributed by atoms with E-state index in [4.69, 9.17) is 11.6 Å². The number of rotatable bonds is 2. The average molecular weight is 268 g/mol. The number of alkyl halides is 1. The SMILES string of the molecule is CC1CC(C(C)(C)C)CCN1S(=O)(=O)CCl. The summed E-state index contributed by atoms with van der Waals surface area (Å²) >= 11 is 5.49. The number of halogens is 1. The number of hydrogen-bond donors (Lipinski definition) is 0. The first-order chi connectivity index (χ1) is 7.18. The number of sulfonamides is 1. The molecule has 0 aromatic heterocycles. The highest BCUT2D eigenvalue weighted by molar-refractivity contribution is 7.90. The van der Waals surface area contributed by atoms with E-state index in [1.807, 2.05) is 6.92 Å². The van der Waals surface area contributed by atoms with E-state index in [0.717, 1.165) is 12.8 Å². The molecule has 0 amide bonds. The Balaban J connectivity index is 2.74. The molecule has 0 bridgehead atoms. The van der Waals surface area contributed by atoms with Crippen molar-refractivity contribution in [3.63, 3.8) is 0 Å². The molecule has 1 fully saturated rings. The van der Waals surface area contributed by atoms with Gasteiger partial charge in [-0.15, -0.1) is 11.6 Å². The molecule has 5 heteroatoms. The second-order valence-corrected chi connectivity index (χ2v) is 8.27. The van der Waals surface area contributed by atoms with Crippen LogP contribution < -0.4 is 0 Å². The Morgan fingerprint density at radius 3 is 2.31 bits per heavy atom. The summed E-state index contributed by atoms with van der Waals surface area (Å²) in [4.78, 5) is 0. The maximum atomic E-state index is 11.7. The van der Waals surface area contributed by atoms with Crippen molar-refractivity contribution in [3.05, 3.63) is 0 Å². The summed E-state index contributed by atoms with van der Waals surface area (Å²) in [6.45, 7) is 9.24. The molecule has 0 aromatic rings. The minimum atomic E-state index is -3.24. The maximum absolute atomic E-state index is 11.7. The molecule has 2 unspecified atom stereocenters. The number of nitrogens with zero attached hydrogens (tertiary/aromatic N) is 1. The molecule has 0 radical (unpaired) electrons. The van der Waals surface area contributed by atoms with E-state index in [9.17, 15) is 8.42 Å². The van der Waals surface area contributed by atoms with Crippen LogP contribution in [-0.4, -0.2) is 30.5 Å². The quantitative estimate of drug-likeness (QED) is 0.722. The third-order valence-electron chi connectivity index (χ3n) is 3.54. The van der Waals surface area contributed by atoms with Gasteiger partial charge >= 0.3 is 0 Å². The fourth-order valence-electron chi connectivity index (χ4n) is 2.41. The van der Waals surface area contributed by atoms with Gasteiger partial charge in [0.2, 0.25) is 10.0 Å². The molecule has 1 rings (SSSR count). The highest BCUT2D eigenvalue weighted by Crippen LogP contribution is 2.37. The van der Waals surface area contributed by atoms with E-state index in [-0.39, 0.29) is 16.7 Å². The van der Waals surface area contributed by atoms with Gasteiger partial charge in [0, 0.05) is 12.6 Å². The Morgan fingerprint density at radius 1 is 1.38 bits per heavy atom. The molecule has 0 N–H and O–H groups in total. The smallest absolute Gasteiger partial charge is 0.211 e. The largest absolute Gasteiger partial charge is 0.228 e. The fraction of sp³-hybridized carbons (Fsp3) is 1.00. The maximum Gasteiger partial charge on any atom is 0.228 e. The van der Waals surface area contributed by atoms with Gasteiger partial charge in [0.1, 0.15) is 5.21 Å². The predicted molar refractivity (Wildman–Crippen MR) is 68.0 cm³/mol. The molecule has 16 heavy (non-hydrogen) atoms. The summed E-state index contributed by atoms with van der Waals surface area (Å²) in [5.74, 6) is 0.587. The Labute approximate surface area is 104 Å². The van der Waals surface area contributed by atoms with Crippen LogP contribution in [0, 0.1) is 11.3 Å². The molecule has 3 nitrogen and oxygen atoms in total. The van der Waals surface area contributed by atoms with Gasteiger partial charge in [0.25, 0.3) is 0 Å². The van der Waals surface area contributed by atoms with Gasteiger partial charge in [-0.3, -0.25) is 0 Å². The summed E-state index contributed by atoms with van der Waals surface area (Å²) < 4.78 is 25.0. The predicted octanol–water partition coefficient (Wildman–Crippen LogP) is 2.66. The molecule has 0 aliphatic carbocycles. The van der Waals surface area contributed by atoms with Crippen molar-refractivity contribution in [1.82, 2.24) is 4.31 Å². The Kier molecular flexibility index (Phi) is 4.30. The molecule has 0 saturated carbocycles. The Morgan fingerprint density at radius 2 is 1.94 bits per heavy atom. The molecule has 1 saturated heterocycles. The van der Waals surface area contributed by atoms with Crippen LogP contribution in [0.4, 0.5) is 0 Å². The molecular weight excluding hydrogens is 246 g/mol. The van der Waals surface area contributed by atoms with Crippen LogP contribution >= 0.6 is 11.6 Å². The fourth-order valence-corrected chi connectivity index (χ4v) is 3.93. The van der Waals surface area contributed by atoms with Crippen LogP contribution in [0.2, 0.25) is 0 Å². The van der Waals surface area contributed by atoms with Crippen LogP contribution in [-0.2, 0) is 10.0 Å². The van der Waals surface area contributed by atoms with Gasteiger partial charge in [0.15, 0.2) is 0 Å². The number of piperidine rings is 1. The van der Waals surface area contributed by atoms with Crippen molar-refractivity contribution in [2.75, 3.05) is 11.8 Å². The van der Waals surface area contributed by atoms with Gasteiger partial charge in [0.05, 0.1) is 0 Å². The molecule has 0 aromatic carbocycles. The lowest BCUT2D eigenvalue weighted by atomic mass is 9.74. The summed E-state index contributed by atoms with van der Waals surface area (Å²) in [5.41, 5.74) is 0.255. The van der Waals surface area contributed by atoms with Crippen LogP contribution in [0.3, 0.4) is 0 Å². The van der Waals surface area contributed by atoms with Crippen LogP contribution in [0.5, 0.6) is 0 Å². The minimum Gasteiger partial charge on any atom is -0.211 e. The summed E-state index contributed by atoms with van der Waals surface area (Å²) in [6, 6.07) is 0.0710. The van der Waals surface area contributed by atoms with Crippen molar-refractivity contribution >= 4 is 21.6 Å². The molecule has 1 aliphatic heterocycles. The van der Waals surface area contributed by atoms with Crippen molar-refractivity contribution in [1.29, 1.82) is 0 Å². The lowest BCUT2D eigenvalue weighted by Crippen LogP contribution is -2.47. The molecule has 1 aliphatic rings. The van der Waals surface area contributed by atoms with E-state index in [1.165, 1.54) is 0 Å². The summed E-state index contributed by atoms with van der Waals surface area (Å²) in [6.07, 6.45) is 1.86. The number of hydrogen-bond acceptors (Lipinski definition) is 2. The topological polar surface area (TPSA) is 37.4 Å². The average Bonchev–Trinajstić information content (AvgIpc) is 2.16. The molecule has 2 atom stereocenters. The van der Waals surface area contributed by atoms with Crippen LogP contribution in [0.15, 0.2) is 0 Å². The first-order valence-electron chi connectivity index (χ1n) is 5.74. The molecule has 1 heterocycles. The normalized spacial score (nSPS) is 29.3. The zero-order valence-corrected chi connectivity index (χ0v) is 12.1. The Hall–Kier alpha value is 0.200. The van der Waals surface area contributed by atoms with Crippen molar-refractivity contribution in [3.8, 4) is 0 Å². The lowest BCUT2D eigenvalue weighted by Gasteiger charge is -2.41. The summed E-state index contributed by atoms with van der Waals surface area (Å²) in [5, 5.41) is -0.308. The minimum absolute atomic E-state index is 0.0710. The third-order valence-corrected chi connectivity index (χ3v) is 5.90. The highest BCUT2D eigenvalue weighted by Gasteiger charge is 2.36. The van der Waals surface area contributed by atoms with E-state index < -0.39 is 10.0 Å². The van der Waals surface area contributed by atoms with Gasteiger partial charge in [-0.25, -0.2) is 8.42 Å². The van der Waals surface area contributed by atoms with E-state index in [2.05, 4.69) is 20.8 Å². The lowest BCUT2D eigenvalue weighted by molar-refractivity contribution is 0.120. The first-order valence-corrected chi connectivity index (χ1v) is 7.88. The van der Waals surface area contributed by atoms with Crippen LogP contribution in [0.1, 0.15) is 40.5 Å². The van der Waals surface area contributed by atoms with Gasteiger partial charge in [-0.05, 0) is 31.1 Å². The van der Waals surface area contributed by atoms with Crippen molar-refractivity contribution in [2.45, 2.75) is 46.6 Å². The second kappa shape index (κ2) is 4.83. The van der Waals surface area contributed by atoms with E-state index >= 15 is 0 Å². The van der Waals surface area contributed by atoms with E-state index in [1.54, 1.807) is 4.31 Å². The zero-order valence-electron chi connectivity index (χ0n) is 10.5. The summed E-state index contributed by atoms with van der Waals surface area (Å²) in [7, 11) is -3.24. The van der Waals surface area contributed by atoms with E-state index in [0.29, 0.717) is 12.5 Å². The monoisotopic (exact) mass is 267 g/mol. The van der Waals surface area contributed by atoms with Gasteiger partial charge in [-0.2, -0.15) is 4.31 Å². The Bertz CT molecular complexity index is 334. The van der Waals surface area contributed by atoms with Crippen LogP contribution in [0.25, 0.3) is 0 Å². The molecular formula is C11H22ClNO2S. The first kappa shape index (κ1) is 14.3. The zero-order chi connectivity index (χ0) is 12.6. The third kappa shape index (κ3) is 3.11.